The van der Waals surface area contributed by atoms with E-state index in [4.69, 9.17) is 20.4 Å². The van der Waals surface area contributed by atoms with Crippen LogP contribution < -0.4 is 20.9 Å². The number of fused-ring (bicyclic) bond motifs is 1. The van der Waals surface area contributed by atoms with Crippen molar-refractivity contribution in [3.8, 4) is 11.3 Å². The quantitative estimate of drug-likeness (QED) is 0.325. The molecule has 11 nitrogen and oxygen atoms in total. The van der Waals surface area contributed by atoms with Crippen LogP contribution in [0.5, 0.6) is 0 Å². The summed E-state index contributed by atoms with van der Waals surface area (Å²) in [6, 6.07) is 4.44. The molecule has 5 rings (SSSR count). The summed E-state index contributed by atoms with van der Waals surface area (Å²) in [6.45, 7) is 8.81. The predicted molar refractivity (Wildman–Crippen MR) is 152 cm³/mol. The number of anilines is 4. The number of ether oxygens (including phenoxy) is 1. The predicted octanol–water partition coefficient (Wildman–Crippen LogP) is 3.08. The number of hydrogen-bond acceptors (Lipinski definition) is 10. The van der Waals surface area contributed by atoms with Gasteiger partial charge in [0.15, 0.2) is 0 Å². The first-order valence-corrected chi connectivity index (χ1v) is 12.9. The van der Waals surface area contributed by atoms with Gasteiger partial charge in [-0.2, -0.15) is 4.98 Å². The van der Waals surface area contributed by atoms with Gasteiger partial charge in [0.1, 0.15) is 11.6 Å². The minimum Gasteiger partial charge on any atom is -0.378 e. The molecule has 0 spiro atoms. The number of carbonyl (C=O) groups is 1. The Hall–Kier alpha value is -4.71. The number of halogens is 1. The number of aliphatic imine (C=N–C) groups is 1. The number of nitrogens with zero attached hydrogens (tertiary/aromatic N) is 7. The normalized spacial score (nSPS) is 15.2. The van der Waals surface area contributed by atoms with E-state index < -0.39 is 11.7 Å². The van der Waals surface area contributed by atoms with Gasteiger partial charge < -0.3 is 25.6 Å². The molecule has 12 heteroatoms. The molecule has 40 heavy (non-hydrogen) atoms. The second-order valence-corrected chi connectivity index (χ2v) is 9.24. The molecule has 3 aromatic rings. The van der Waals surface area contributed by atoms with Gasteiger partial charge in [0.05, 0.1) is 24.6 Å². The molecule has 1 fully saturated rings. The zero-order valence-electron chi connectivity index (χ0n) is 22.2. The van der Waals surface area contributed by atoms with Gasteiger partial charge in [-0.1, -0.05) is 6.58 Å². The third-order valence-corrected chi connectivity index (χ3v) is 6.58. The molecule has 2 aliphatic rings. The van der Waals surface area contributed by atoms with Gasteiger partial charge >= 0.3 is 0 Å². The molecule has 0 radical (unpaired) electrons. The Labute approximate surface area is 231 Å². The fraction of sp³-hybridized carbons (Fsp3) is 0.286. The minimum absolute atomic E-state index is 0.169. The first kappa shape index (κ1) is 26.9. The molecule has 0 atom stereocenters. The molecule has 4 heterocycles. The fourth-order valence-corrected chi connectivity index (χ4v) is 4.54. The molecule has 1 saturated heterocycles. The average Bonchev–Trinajstić information content (AvgIpc) is 3.40. The Morgan fingerprint density at radius 3 is 2.73 bits per heavy atom. The van der Waals surface area contributed by atoms with Gasteiger partial charge in [0.25, 0.3) is 5.91 Å². The summed E-state index contributed by atoms with van der Waals surface area (Å²) in [7, 11) is 0. The van der Waals surface area contributed by atoms with Gasteiger partial charge in [-0.3, -0.25) is 9.79 Å². The van der Waals surface area contributed by atoms with Crippen LogP contribution in [0.15, 0.2) is 60.0 Å². The third-order valence-electron chi connectivity index (χ3n) is 6.58. The Bertz CT molecular complexity index is 1470. The topological polar surface area (TPSA) is 135 Å². The van der Waals surface area contributed by atoms with E-state index in [1.54, 1.807) is 49.9 Å². The van der Waals surface area contributed by atoms with Crippen molar-refractivity contribution >= 4 is 35.5 Å². The number of hydrogen-bond donors (Lipinski definition) is 2. The second-order valence-electron chi connectivity index (χ2n) is 9.24. The van der Waals surface area contributed by atoms with E-state index >= 15 is 4.39 Å². The van der Waals surface area contributed by atoms with Gasteiger partial charge in [-0.25, -0.2) is 19.3 Å². The number of nitrogens with two attached hydrogens (primary N) is 1. The highest BCUT2D eigenvalue weighted by Crippen LogP contribution is 2.40. The van der Waals surface area contributed by atoms with Crippen LogP contribution in [0.2, 0.25) is 0 Å². The number of aromatic nitrogens is 4. The maximum Gasteiger partial charge on any atom is 0.251 e. The molecule has 2 aromatic heterocycles. The van der Waals surface area contributed by atoms with Crippen LogP contribution in [0, 0.1) is 5.82 Å². The van der Waals surface area contributed by atoms with Gasteiger partial charge in [-0.15, -0.1) is 0 Å². The van der Waals surface area contributed by atoms with E-state index in [1.807, 2.05) is 9.80 Å². The molecule has 0 saturated carbocycles. The molecule has 1 aromatic carbocycles. The Kier molecular flexibility index (Phi) is 8.06. The van der Waals surface area contributed by atoms with Crippen LogP contribution in [-0.2, 0) is 11.2 Å². The van der Waals surface area contributed by atoms with Crippen molar-refractivity contribution in [2.24, 2.45) is 4.99 Å². The van der Waals surface area contributed by atoms with Crippen LogP contribution in [0.4, 0.5) is 27.8 Å². The molecule has 0 unspecified atom stereocenters. The number of nitrogen functional groups attached to an aromatic ring is 1. The smallest absolute Gasteiger partial charge is 0.251 e. The van der Waals surface area contributed by atoms with Crippen LogP contribution in [0.1, 0.15) is 22.8 Å². The van der Waals surface area contributed by atoms with E-state index in [1.165, 1.54) is 6.07 Å². The molecular weight excluding hydrogens is 513 g/mol. The summed E-state index contributed by atoms with van der Waals surface area (Å²) < 4.78 is 21.0. The third kappa shape index (κ3) is 5.81. The van der Waals surface area contributed by atoms with E-state index in [9.17, 15) is 4.79 Å². The molecule has 2 aliphatic heterocycles. The van der Waals surface area contributed by atoms with Crippen LogP contribution in [0.25, 0.3) is 11.3 Å². The molecule has 206 valence electrons. The maximum atomic E-state index is 15.5. The fourth-order valence-electron chi connectivity index (χ4n) is 4.54. The summed E-state index contributed by atoms with van der Waals surface area (Å²) in [5, 5.41) is 2.75. The largest absolute Gasteiger partial charge is 0.378 e. The summed E-state index contributed by atoms with van der Waals surface area (Å²) in [6.07, 6.45) is 8.80. The molecular formula is C28H30FN9O2. The summed E-state index contributed by atoms with van der Waals surface area (Å²) in [4.78, 5) is 38.5. The maximum absolute atomic E-state index is 15.5. The number of benzene rings is 1. The molecule has 3 N–H and O–H groups in total. The number of morpholine rings is 1. The number of amides is 1. The van der Waals surface area contributed by atoms with Crippen molar-refractivity contribution in [1.29, 1.82) is 0 Å². The highest BCUT2D eigenvalue weighted by atomic mass is 19.1. The summed E-state index contributed by atoms with van der Waals surface area (Å²) in [5.41, 5.74) is 9.16. The van der Waals surface area contributed by atoms with Crippen molar-refractivity contribution in [2.45, 2.75) is 13.3 Å². The Morgan fingerprint density at radius 2 is 2.00 bits per heavy atom. The average molecular weight is 544 g/mol. The standard InChI is InChI=1S/C28H30FN9O2/c1-3-31-8-6-18(2)15-32-26(39)19-4-5-23(22(29)14-19)38-9-7-21-24(20-16-33-27(30)34-17-20)35-28(36-25(21)38)37-10-12-40-13-11-37/h3-6,8,14,16-17H,2,7,9-13,15H2,1H3,(H,32,39)(H2,30,33,34)/b8-6-,31-3?. The van der Waals surface area contributed by atoms with Gasteiger partial charge in [0, 0.05) is 67.7 Å². The lowest BCUT2D eigenvalue weighted by molar-refractivity contribution is 0.0957. The zero-order valence-corrected chi connectivity index (χ0v) is 22.2. The molecule has 1 amide bonds. The van der Waals surface area contributed by atoms with Gasteiger partial charge in [-0.05, 0) is 43.2 Å². The second kappa shape index (κ2) is 12.0. The van der Waals surface area contributed by atoms with E-state index in [2.05, 4.69) is 26.9 Å². The zero-order chi connectivity index (χ0) is 28.1. The Morgan fingerprint density at radius 1 is 1.23 bits per heavy atom. The van der Waals surface area contributed by atoms with Gasteiger partial charge in [0.2, 0.25) is 11.9 Å². The monoisotopic (exact) mass is 543 g/mol. The van der Waals surface area contributed by atoms with Crippen LogP contribution >= 0.6 is 0 Å². The van der Waals surface area contributed by atoms with Crippen LogP contribution in [0.3, 0.4) is 0 Å². The first-order valence-electron chi connectivity index (χ1n) is 12.9. The van der Waals surface area contributed by atoms with E-state index in [-0.39, 0.29) is 18.1 Å². The highest BCUT2D eigenvalue weighted by molar-refractivity contribution is 5.95. The van der Waals surface area contributed by atoms with Crippen LogP contribution in [-0.4, -0.2) is 71.5 Å². The molecule has 0 bridgehead atoms. The van der Waals surface area contributed by atoms with Crippen molar-refractivity contribution in [1.82, 2.24) is 25.3 Å². The van der Waals surface area contributed by atoms with Crippen molar-refractivity contribution in [3.63, 3.8) is 0 Å². The Balaban J connectivity index is 1.43. The highest BCUT2D eigenvalue weighted by Gasteiger charge is 2.31. The van der Waals surface area contributed by atoms with Crippen molar-refractivity contribution in [3.05, 3.63) is 72.0 Å². The van der Waals surface area contributed by atoms with E-state index in [0.29, 0.717) is 73.6 Å². The number of carbonyl (C=O) groups excluding carboxylic acids is 1. The van der Waals surface area contributed by atoms with Crippen molar-refractivity contribution < 1.29 is 13.9 Å². The summed E-state index contributed by atoms with van der Waals surface area (Å²) >= 11 is 0. The first-order chi connectivity index (χ1) is 19.4. The number of rotatable bonds is 8. The summed E-state index contributed by atoms with van der Waals surface area (Å²) in [5.74, 6) is 0.374. The lowest BCUT2D eigenvalue weighted by Crippen LogP contribution is -2.37. The lowest BCUT2D eigenvalue weighted by Gasteiger charge is -2.28. The minimum atomic E-state index is -0.527. The van der Waals surface area contributed by atoms with Crippen molar-refractivity contribution in [2.75, 3.05) is 54.9 Å². The number of nitrogens with one attached hydrogen (secondary N) is 1. The lowest BCUT2D eigenvalue weighted by atomic mass is 10.1. The molecule has 0 aliphatic carbocycles. The SMILES string of the molecule is C=C(/C=C\N=CC)CNC(=O)c1ccc(N2CCc3c(-c4cnc(N)nc4)nc(N4CCOCC4)nc32)c(F)c1. The van der Waals surface area contributed by atoms with E-state index in [0.717, 1.165) is 5.56 Å².